The minimum atomic E-state index is -3.76. The summed E-state index contributed by atoms with van der Waals surface area (Å²) in [6.07, 6.45) is 2.70. The Morgan fingerprint density at radius 2 is 1.76 bits per heavy atom. The van der Waals surface area contributed by atoms with E-state index in [2.05, 4.69) is 10.3 Å². The lowest BCUT2D eigenvalue weighted by Crippen LogP contribution is -2.30. The normalized spacial score (nSPS) is 11.1. The van der Waals surface area contributed by atoms with E-state index in [0.717, 1.165) is 0 Å². The summed E-state index contributed by atoms with van der Waals surface area (Å²) in [5, 5.41) is 2.71. The van der Waals surface area contributed by atoms with Crippen LogP contribution >= 0.6 is 0 Å². The molecule has 1 N–H and O–H groups in total. The second-order valence-electron chi connectivity index (χ2n) is 6.90. The van der Waals surface area contributed by atoms with E-state index in [4.69, 9.17) is 9.15 Å². The summed E-state index contributed by atoms with van der Waals surface area (Å²) in [5.74, 6) is 0.574. The van der Waals surface area contributed by atoms with E-state index in [-0.39, 0.29) is 29.0 Å². The van der Waals surface area contributed by atoms with Crippen molar-refractivity contribution < 1.29 is 22.4 Å². The highest BCUT2D eigenvalue weighted by atomic mass is 32.2. The minimum Gasteiger partial charge on any atom is -0.459 e. The highest BCUT2D eigenvalue weighted by Gasteiger charge is 2.24. The zero-order chi connectivity index (χ0) is 23.3. The molecule has 0 spiro atoms. The molecule has 2 heterocycles. The Kier molecular flexibility index (Phi) is 6.41. The van der Waals surface area contributed by atoms with Gasteiger partial charge in [-0.25, -0.2) is 13.4 Å². The third-order valence-corrected chi connectivity index (χ3v) is 6.59. The van der Waals surface area contributed by atoms with Crippen molar-refractivity contribution >= 4 is 27.3 Å². The lowest BCUT2D eigenvalue weighted by atomic mass is 10.3. The smallest absolute Gasteiger partial charge is 0.291 e. The zero-order valence-electron chi connectivity index (χ0n) is 17.7. The molecule has 0 unspecified atom stereocenters. The molecule has 0 saturated heterocycles. The Morgan fingerprint density at radius 3 is 2.36 bits per heavy atom. The van der Waals surface area contributed by atoms with Crippen LogP contribution < -0.4 is 14.4 Å². The van der Waals surface area contributed by atoms with Gasteiger partial charge in [0.15, 0.2) is 5.76 Å². The average Bonchev–Trinajstić information content (AvgIpc) is 3.37. The lowest BCUT2D eigenvalue weighted by Gasteiger charge is -2.22. The number of benzene rings is 2. The minimum absolute atomic E-state index is 0.0662. The number of nitrogens with one attached hydrogen (secondary N) is 1. The molecule has 33 heavy (non-hydrogen) atoms. The van der Waals surface area contributed by atoms with Crippen LogP contribution in [0, 0.1) is 0 Å². The molecule has 0 aliphatic carbocycles. The molecule has 0 fully saturated rings. The molecular weight excluding hydrogens is 442 g/mol. The van der Waals surface area contributed by atoms with Gasteiger partial charge in [0.1, 0.15) is 10.6 Å². The highest BCUT2D eigenvalue weighted by molar-refractivity contribution is 7.92. The van der Waals surface area contributed by atoms with Gasteiger partial charge in [0.2, 0.25) is 5.88 Å². The standard InChI is InChI=1S/C24H21N3O5S/c1-2-27(19-7-4-3-5-8-19)33(29,30)21-14-15-23(25-17-21)32-20-12-10-18(11-13-20)26-24(28)22-9-6-16-31-22/h3-17H,2H2,1H3,(H,26,28). The van der Waals surface area contributed by atoms with Gasteiger partial charge in [-0.1, -0.05) is 18.2 Å². The molecule has 0 atom stereocenters. The number of para-hydroxylation sites is 1. The molecule has 0 aliphatic rings. The molecule has 2 aromatic heterocycles. The van der Waals surface area contributed by atoms with E-state index in [9.17, 15) is 13.2 Å². The highest BCUT2D eigenvalue weighted by Crippen LogP contribution is 2.26. The van der Waals surface area contributed by atoms with Crippen molar-refractivity contribution in [2.45, 2.75) is 11.8 Å². The van der Waals surface area contributed by atoms with E-state index < -0.39 is 10.0 Å². The fourth-order valence-corrected chi connectivity index (χ4v) is 4.54. The molecule has 0 saturated carbocycles. The number of aromatic nitrogens is 1. The van der Waals surface area contributed by atoms with Crippen molar-refractivity contribution in [3.05, 3.63) is 97.1 Å². The summed E-state index contributed by atoms with van der Waals surface area (Å²) >= 11 is 0. The molecular formula is C24H21N3O5S. The maximum atomic E-state index is 13.0. The Morgan fingerprint density at radius 1 is 1.00 bits per heavy atom. The number of anilines is 2. The summed E-state index contributed by atoms with van der Waals surface area (Å²) in [6, 6.07) is 21.7. The van der Waals surface area contributed by atoms with Gasteiger partial charge in [-0.05, 0) is 61.5 Å². The van der Waals surface area contributed by atoms with Gasteiger partial charge in [0.05, 0.1) is 18.1 Å². The van der Waals surface area contributed by atoms with Crippen LogP contribution in [0.15, 0.2) is 101 Å². The number of sulfonamides is 1. The Balaban J connectivity index is 1.43. The number of hydrogen-bond donors (Lipinski definition) is 1. The van der Waals surface area contributed by atoms with Crippen LogP contribution in [0.2, 0.25) is 0 Å². The zero-order valence-corrected chi connectivity index (χ0v) is 18.5. The average molecular weight is 464 g/mol. The molecule has 2 aromatic carbocycles. The number of carbonyl (C=O) groups excluding carboxylic acids is 1. The topological polar surface area (TPSA) is 102 Å². The fraction of sp³-hybridized carbons (Fsp3) is 0.0833. The Labute approximate surface area is 191 Å². The number of hydrogen-bond acceptors (Lipinski definition) is 6. The number of pyridine rings is 1. The van der Waals surface area contributed by atoms with Crippen LogP contribution in [0.3, 0.4) is 0 Å². The summed E-state index contributed by atoms with van der Waals surface area (Å²) < 4.78 is 38.2. The van der Waals surface area contributed by atoms with Gasteiger partial charge in [-0.3, -0.25) is 9.10 Å². The molecule has 0 aliphatic heterocycles. The summed E-state index contributed by atoms with van der Waals surface area (Å²) in [6.45, 7) is 2.06. The molecule has 1 amide bonds. The first-order chi connectivity index (χ1) is 16.0. The van der Waals surface area contributed by atoms with Crippen LogP contribution in [0.4, 0.5) is 11.4 Å². The molecule has 168 valence electrons. The van der Waals surface area contributed by atoms with Gasteiger partial charge >= 0.3 is 0 Å². The quantitative estimate of drug-likeness (QED) is 0.397. The first-order valence-electron chi connectivity index (χ1n) is 10.1. The molecule has 0 bridgehead atoms. The maximum absolute atomic E-state index is 13.0. The third-order valence-electron chi connectivity index (χ3n) is 4.71. The van der Waals surface area contributed by atoms with Gasteiger partial charge in [0, 0.05) is 18.3 Å². The Bertz CT molecular complexity index is 1310. The molecule has 9 heteroatoms. The lowest BCUT2D eigenvalue weighted by molar-refractivity contribution is 0.0996. The van der Waals surface area contributed by atoms with Crippen LogP contribution in [0.25, 0.3) is 0 Å². The van der Waals surface area contributed by atoms with Gasteiger partial charge < -0.3 is 14.5 Å². The SMILES string of the molecule is CCN(c1ccccc1)S(=O)(=O)c1ccc(Oc2ccc(NC(=O)c3ccco3)cc2)nc1. The molecule has 4 aromatic rings. The van der Waals surface area contributed by atoms with E-state index >= 15 is 0 Å². The van der Waals surface area contributed by atoms with Crippen LogP contribution in [-0.2, 0) is 10.0 Å². The summed E-state index contributed by atoms with van der Waals surface area (Å²) in [4.78, 5) is 16.2. The van der Waals surface area contributed by atoms with E-state index in [1.807, 2.05) is 6.07 Å². The Hall–Kier alpha value is -4.11. The summed E-state index contributed by atoms with van der Waals surface area (Å²) in [5.41, 5.74) is 1.15. The van der Waals surface area contributed by atoms with Crippen LogP contribution in [0.5, 0.6) is 11.6 Å². The number of rotatable bonds is 8. The van der Waals surface area contributed by atoms with Crippen molar-refractivity contribution in [1.82, 2.24) is 4.98 Å². The fourth-order valence-electron chi connectivity index (χ4n) is 3.12. The third kappa shape index (κ3) is 5.04. The molecule has 0 radical (unpaired) electrons. The first kappa shape index (κ1) is 22.1. The number of ether oxygens (including phenoxy) is 1. The van der Waals surface area contributed by atoms with Gasteiger partial charge in [-0.2, -0.15) is 0 Å². The van der Waals surface area contributed by atoms with Crippen molar-refractivity contribution in [2.24, 2.45) is 0 Å². The van der Waals surface area contributed by atoms with Crippen molar-refractivity contribution in [2.75, 3.05) is 16.2 Å². The predicted octanol–water partition coefficient (Wildman–Crippen LogP) is 4.93. The van der Waals surface area contributed by atoms with E-state index in [0.29, 0.717) is 17.1 Å². The largest absolute Gasteiger partial charge is 0.459 e. The van der Waals surface area contributed by atoms with Crippen molar-refractivity contribution in [3.8, 4) is 11.6 Å². The summed E-state index contributed by atoms with van der Waals surface area (Å²) in [7, 11) is -3.76. The van der Waals surface area contributed by atoms with Gasteiger partial charge in [-0.15, -0.1) is 0 Å². The van der Waals surface area contributed by atoms with Gasteiger partial charge in [0.25, 0.3) is 15.9 Å². The number of carbonyl (C=O) groups is 1. The van der Waals surface area contributed by atoms with Crippen molar-refractivity contribution in [3.63, 3.8) is 0 Å². The maximum Gasteiger partial charge on any atom is 0.291 e. The predicted molar refractivity (Wildman–Crippen MR) is 124 cm³/mol. The van der Waals surface area contributed by atoms with E-state index in [1.165, 1.54) is 28.9 Å². The number of amides is 1. The number of furan rings is 1. The van der Waals surface area contributed by atoms with Crippen molar-refractivity contribution in [1.29, 1.82) is 0 Å². The van der Waals surface area contributed by atoms with E-state index in [1.54, 1.807) is 67.6 Å². The monoisotopic (exact) mass is 463 g/mol. The second-order valence-corrected chi connectivity index (χ2v) is 8.76. The first-order valence-corrected chi connectivity index (χ1v) is 11.6. The van der Waals surface area contributed by atoms with Crippen LogP contribution in [0.1, 0.15) is 17.5 Å². The molecule has 8 nitrogen and oxygen atoms in total. The molecule has 4 rings (SSSR count). The number of nitrogens with zero attached hydrogens (tertiary/aromatic N) is 2. The second kappa shape index (κ2) is 9.58. The van der Waals surface area contributed by atoms with Crippen LogP contribution in [-0.4, -0.2) is 25.9 Å².